The number of aryl methyl sites for hydroxylation is 2. The maximum absolute atomic E-state index is 6.08. The Kier molecular flexibility index (Phi) is 5.72. The Labute approximate surface area is 129 Å². The largest absolute Gasteiger partial charge is 0.308 e. The lowest BCUT2D eigenvalue weighted by molar-refractivity contribution is 0.280. The van der Waals surface area contributed by atoms with E-state index >= 15 is 0 Å². The van der Waals surface area contributed by atoms with Gasteiger partial charge in [0.2, 0.25) is 0 Å². The van der Waals surface area contributed by atoms with Crippen molar-refractivity contribution in [1.82, 2.24) is 15.1 Å². The zero-order valence-electron chi connectivity index (χ0n) is 11.8. The van der Waals surface area contributed by atoms with Crippen molar-refractivity contribution >= 4 is 27.5 Å². The molecule has 0 spiro atoms. The van der Waals surface area contributed by atoms with E-state index in [1.54, 1.807) is 0 Å². The number of hydrogen-bond acceptors (Lipinski definition) is 2. The van der Waals surface area contributed by atoms with Crippen molar-refractivity contribution in [1.29, 1.82) is 0 Å². The van der Waals surface area contributed by atoms with E-state index in [1.807, 2.05) is 6.92 Å². The zero-order chi connectivity index (χ0) is 13.8. The molecule has 1 saturated carbocycles. The summed E-state index contributed by atoms with van der Waals surface area (Å²) >= 11 is 9.73. The number of halogens is 2. The van der Waals surface area contributed by atoms with Crippen molar-refractivity contribution in [2.24, 2.45) is 5.92 Å². The molecule has 0 aromatic carbocycles. The number of alkyl halides is 1. The second-order valence-corrected chi connectivity index (χ2v) is 6.45. The van der Waals surface area contributed by atoms with Crippen molar-refractivity contribution in [2.75, 3.05) is 5.88 Å². The maximum Gasteiger partial charge on any atom is 0.0739 e. The molecule has 108 valence electrons. The van der Waals surface area contributed by atoms with Crippen LogP contribution in [0.1, 0.15) is 44.0 Å². The van der Waals surface area contributed by atoms with E-state index in [1.165, 1.54) is 31.4 Å². The van der Waals surface area contributed by atoms with Gasteiger partial charge in [0.05, 0.1) is 15.9 Å². The molecule has 1 heterocycles. The Morgan fingerprint density at radius 3 is 2.84 bits per heavy atom. The van der Waals surface area contributed by atoms with Crippen LogP contribution in [0.15, 0.2) is 4.47 Å². The third-order valence-corrected chi connectivity index (χ3v) is 5.52. The fraction of sp³-hybridized carbons (Fsp3) is 0.786. The predicted octanol–water partition coefficient (Wildman–Crippen LogP) is 3.86. The molecule has 3 nitrogen and oxygen atoms in total. The molecule has 2 rings (SSSR count). The molecule has 1 aliphatic carbocycles. The average Bonchev–Trinajstić information content (AvgIpc) is 2.72. The van der Waals surface area contributed by atoms with E-state index < -0.39 is 0 Å². The fourth-order valence-corrected chi connectivity index (χ4v) is 3.72. The Morgan fingerprint density at radius 1 is 1.42 bits per heavy atom. The van der Waals surface area contributed by atoms with Gasteiger partial charge in [-0.25, -0.2) is 0 Å². The predicted molar refractivity (Wildman–Crippen MR) is 83.6 cm³/mol. The first-order chi connectivity index (χ1) is 9.17. The Balaban J connectivity index is 2.01. The topological polar surface area (TPSA) is 29.9 Å². The maximum atomic E-state index is 6.08. The van der Waals surface area contributed by atoms with Gasteiger partial charge < -0.3 is 5.32 Å². The van der Waals surface area contributed by atoms with E-state index in [9.17, 15) is 0 Å². The van der Waals surface area contributed by atoms with Crippen LogP contribution in [0.4, 0.5) is 0 Å². The number of nitrogens with zero attached hydrogens (tertiary/aromatic N) is 2. The van der Waals surface area contributed by atoms with E-state index in [0.717, 1.165) is 29.1 Å². The van der Waals surface area contributed by atoms with Crippen LogP contribution < -0.4 is 5.32 Å². The number of hydrogen-bond donors (Lipinski definition) is 1. The molecule has 19 heavy (non-hydrogen) atoms. The highest BCUT2D eigenvalue weighted by atomic mass is 79.9. The summed E-state index contributed by atoms with van der Waals surface area (Å²) in [4.78, 5) is 0. The van der Waals surface area contributed by atoms with Gasteiger partial charge in [0.15, 0.2) is 0 Å². The van der Waals surface area contributed by atoms with Gasteiger partial charge in [-0.3, -0.25) is 4.68 Å². The minimum Gasteiger partial charge on any atom is -0.308 e. The summed E-state index contributed by atoms with van der Waals surface area (Å²) < 4.78 is 3.21. The summed E-state index contributed by atoms with van der Waals surface area (Å²) in [6.45, 7) is 5.95. The summed E-state index contributed by atoms with van der Waals surface area (Å²) in [5.74, 6) is 1.39. The first-order valence-electron chi connectivity index (χ1n) is 7.18. The molecule has 1 aliphatic rings. The van der Waals surface area contributed by atoms with Crippen molar-refractivity contribution in [3.63, 3.8) is 0 Å². The van der Waals surface area contributed by atoms with E-state index in [-0.39, 0.29) is 0 Å². The van der Waals surface area contributed by atoms with Gasteiger partial charge in [-0.15, -0.1) is 11.6 Å². The molecule has 1 aromatic heterocycles. The van der Waals surface area contributed by atoms with Crippen molar-refractivity contribution < 1.29 is 0 Å². The van der Waals surface area contributed by atoms with Crippen LogP contribution in [-0.4, -0.2) is 21.7 Å². The third-order valence-electron chi connectivity index (χ3n) is 4.09. The highest BCUT2D eigenvalue weighted by molar-refractivity contribution is 9.10. The lowest BCUT2D eigenvalue weighted by Crippen LogP contribution is -2.39. The summed E-state index contributed by atoms with van der Waals surface area (Å²) in [6.07, 6.45) is 5.15. The van der Waals surface area contributed by atoms with Crippen LogP contribution in [0.3, 0.4) is 0 Å². The minimum absolute atomic E-state index is 0.554. The number of rotatable bonds is 5. The van der Waals surface area contributed by atoms with Crippen LogP contribution in [0.25, 0.3) is 0 Å². The third kappa shape index (κ3) is 3.53. The molecule has 5 heteroatoms. The Morgan fingerprint density at radius 2 is 2.16 bits per heavy atom. The standard InChI is InChI=1S/C14H23BrClN3/c1-3-19-13(14(15)10(2)18-19)9-17-12-7-5-4-6-11(12)8-16/h11-12,17H,3-9H2,1-2H3. The SMILES string of the molecule is CCn1nc(C)c(Br)c1CNC1CCCCC1CCl. The van der Waals surface area contributed by atoms with Gasteiger partial charge in [-0.2, -0.15) is 5.10 Å². The van der Waals surface area contributed by atoms with Gasteiger partial charge in [0.25, 0.3) is 0 Å². The van der Waals surface area contributed by atoms with Crippen molar-refractivity contribution in [3.8, 4) is 0 Å². The van der Waals surface area contributed by atoms with Crippen LogP contribution in [-0.2, 0) is 13.1 Å². The second-order valence-electron chi connectivity index (χ2n) is 5.35. The van der Waals surface area contributed by atoms with Gasteiger partial charge in [-0.05, 0) is 48.5 Å². The molecule has 0 aliphatic heterocycles. The lowest BCUT2D eigenvalue weighted by atomic mass is 9.86. The van der Waals surface area contributed by atoms with E-state index in [4.69, 9.17) is 11.6 Å². The molecule has 2 atom stereocenters. The summed E-state index contributed by atoms with van der Waals surface area (Å²) in [7, 11) is 0. The van der Waals surface area contributed by atoms with Crippen LogP contribution in [0.5, 0.6) is 0 Å². The second kappa shape index (κ2) is 7.09. The number of aromatic nitrogens is 2. The van der Waals surface area contributed by atoms with E-state index in [0.29, 0.717) is 12.0 Å². The molecule has 0 saturated heterocycles. The van der Waals surface area contributed by atoms with Crippen molar-refractivity contribution in [3.05, 3.63) is 15.9 Å². The highest BCUT2D eigenvalue weighted by Crippen LogP contribution is 2.27. The van der Waals surface area contributed by atoms with Gasteiger partial charge in [0, 0.05) is 25.0 Å². The zero-order valence-corrected chi connectivity index (χ0v) is 14.1. The van der Waals surface area contributed by atoms with Crippen LogP contribution >= 0.6 is 27.5 Å². The lowest BCUT2D eigenvalue weighted by Gasteiger charge is -2.31. The van der Waals surface area contributed by atoms with Crippen LogP contribution in [0, 0.1) is 12.8 Å². The molecule has 1 fully saturated rings. The molecular formula is C14H23BrClN3. The molecule has 1 N–H and O–H groups in total. The molecular weight excluding hydrogens is 326 g/mol. The Bertz CT molecular complexity index is 419. The highest BCUT2D eigenvalue weighted by Gasteiger charge is 2.24. The smallest absolute Gasteiger partial charge is 0.0739 e. The fourth-order valence-electron chi connectivity index (χ4n) is 2.93. The average molecular weight is 349 g/mol. The molecule has 0 amide bonds. The molecule has 1 aromatic rings. The molecule has 2 unspecified atom stereocenters. The quantitative estimate of drug-likeness (QED) is 0.819. The Hall–Kier alpha value is -0.0600. The van der Waals surface area contributed by atoms with Gasteiger partial charge in [-0.1, -0.05) is 12.8 Å². The first-order valence-corrected chi connectivity index (χ1v) is 8.51. The number of nitrogens with one attached hydrogen (secondary N) is 1. The summed E-state index contributed by atoms with van der Waals surface area (Å²) in [5, 5.41) is 8.23. The first kappa shape index (κ1) is 15.3. The van der Waals surface area contributed by atoms with Gasteiger partial charge >= 0.3 is 0 Å². The van der Waals surface area contributed by atoms with Gasteiger partial charge in [0.1, 0.15) is 0 Å². The molecule has 0 bridgehead atoms. The molecule has 0 radical (unpaired) electrons. The van der Waals surface area contributed by atoms with E-state index in [2.05, 4.69) is 38.0 Å². The minimum atomic E-state index is 0.554. The van der Waals surface area contributed by atoms with Crippen molar-refractivity contribution in [2.45, 2.75) is 58.7 Å². The van der Waals surface area contributed by atoms with Crippen LogP contribution in [0.2, 0.25) is 0 Å². The normalized spacial score (nSPS) is 23.8. The summed E-state index contributed by atoms with van der Waals surface area (Å²) in [5.41, 5.74) is 2.31. The summed E-state index contributed by atoms with van der Waals surface area (Å²) in [6, 6.07) is 0.554. The monoisotopic (exact) mass is 347 g/mol.